The van der Waals surface area contributed by atoms with Crippen molar-refractivity contribution in [2.45, 2.75) is 33.2 Å². The van der Waals surface area contributed by atoms with Crippen LogP contribution in [0.4, 0.5) is 14.5 Å². The maximum atomic E-state index is 12.4. The summed E-state index contributed by atoms with van der Waals surface area (Å²) in [4.78, 5) is 0. The second kappa shape index (κ2) is 3.72. The van der Waals surface area contributed by atoms with Gasteiger partial charge in [-0.15, -0.1) is 0 Å². The predicted octanol–water partition coefficient (Wildman–Crippen LogP) is 1.99. The molecular weight excluding hydrogens is 176 g/mol. The topological polar surface area (TPSA) is 43.8 Å². The lowest BCUT2D eigenvalue weighted by molar-refractivity contribution is 0.0533. The number of nitrogens with zero attached hydrogens (tertiary/aromatic N) is 2. The SMILES string of the molecule is CCc1nn(C(F)F)c(CC)c1N. The molecule has 3 nitrogen and oxygen atoms in total. The molecule has 1 rings (SSSR count). The lowest BCUT2D eigenvalue weighted by Crippen LogP contribution is -2.05. The number of hydrogen-bond acceptors (Lipinski definition) is 2. The maximum Gasteiger partial charge on any atom is 0.333 e. The fourth-order valence-electron chi connectivity index (χ4n) is 1.31. The third-order valence-electron chi connectivity index (χ3n) is 1.98. The Morgan fingerprint density at radius 3 is 2.31 bits per heavy atom. The first kappa shape index (κ1) is 9.95. The average molecular weight is 189 g/mol. The van der Waals surface area contributed by atoms with Crippen LogP contribution in [0.3, 0.4) is 0 Å². The maximum absolute atomic E-state index is 12.4. The van der Waals surface area contributed by atoms with E-state index in [2.05, 4.69) is 5.10 Å². The number of rotatable bonds is 3. The van der Waals surface area contributed by atoms with Crippen molar-refractivity contribution in [3.05, 3.63) is 11.4 Å². The van der Waals surface area contributed by atoms with Crippen molar-refractivity contribution in [3.8, 4) is 0 Å². The number of nitrogen functional groups attached to an aromatic ring is 1. The molecule has 0 aliphatic heterocycles. The molecule has 1 aromatic rings. The van der Waals surface area contributed by atoms with Crippen LogP contribution in [0, 0.1) is 0 Å². The minimum Gasteiger partial charge on any atom is -0.396 e. The van der Waals surface area contributed by atoms with Crippen LogP contribution in [0.2, 0.25) is 0 Å². The van der Waals surface area contributed by atoms with Crippen molar-refractivity contribution >= 4 is 5.69 Å². The molecule has 0 bridgehead atoms. The Morgan fingerprint density at radius 2 is 2.00 bits per heavy atom. The molecule has 5 heteroatoms. The van der Waals surface area contributed by atoms with E-state index in [0.717, 1.165) is 0 Å². The molecule has 0 spiro atoms. The first-order valence-electron chi connectivity index (χ1n) is 4.25. The Hall–Kier alpha value is -1.13. The number of hydrogen-bond donors (Lipinski definition) is 1. The van der Waals surface area contributed by atoms with Gasteiger partial charge in [0.25, 0.3) is 0 Å². The van der Waals surface area contributed by atoms with E-state index >= 15 is 0 Å². The molecule has 0 aliphatic rings. The summed E-state index contributed by atoms with van der Waals surface area (Å²) in [6.45, 7) is 1.03. The van der Waals surface area contributed by atoms with Gasteiger partial charge in [-0.05, 0) is 12.8 Å². The fraction of sp³-hybridized carbons (Fsp3) is 0.625. The smallest absolute Gasteiger partial charge is 0.333 e. The molecule has 0 unspecified atom stereocenters. The Labute approximate surface area is 75.5 Å². The van der Waals surface area contributed by atoms with Crippen molar-refractivity contribution in [1.29, 1.82) is 0 Å². The summed E-state index contributed by atoms with van der Waals surface area (Å²) >= 11 is 0. The van der Waals surface area contributed by atoms with E-state index in [4.69, 9.17) is 5.73 Å². The lowest BCUT2D eigenvalue weighted by atomic mass is 10.2. The summed E-state index contributed by atoms with van der Waals surface area (Å²) in [6.07, 6.45) is 1.06. The van der Waals surface area contributed by atoms with Crippen LogP contribution in [0.15, 0.2) is 0 Å². The third kappa shape index (κ3) is 1.64. The Kier molecular flexibility index (Phi) is 2.85. The summed E-state index contributed by atoms with van der Waals surface area (Å²) in [6, 6.07) is 0. The van der Waals surface area contributed by atoms with Crippen molar-refractivity contribution in [3.63, 3.8) is 0 Å². The second-order valence-electron chi connectivity index (χ2n) is 2.74. The summed E-state index contributed by atoms with van der Waals surface area (Å²) < 4.78 is 25.5. The van der Waals surface area contributed by atoms with Gasteiger partial charge >= 0.3 is 6.55 Å². The first-order valence-corrected chi connectivity index (χ1v) is 4.25. The van der Waals surface area contributed by atoms with E-state index < -0.39 is 6.55 Å². The molecule has 0 saturated carbocycles. The van der Waals surface area contributed by atoms with Gasteiger partial charge in [-0.1, -0.05) is 13.8 Å². The van der Waals surface area contributed by atoms with Gasteiger partial charge in [0.1, 0.15) is 0 Å². The van der Waals surface area contributed by atoms with Gasteiger partial charge in [-0.2, -0.15) is 13.9 Å². The number of aryl methyl sites for hydroxylation is 1. The first-order chi connectivity index (χ1) is 6.11. The van der Waals surface area contributed by atoms with E-state index in [-0.39, 0.29) is 0 Å². The van der Waals surface area contributed by atoms with Crippen LogP contribution in [0.1, 0.15) is 31.8 Å². The van der Waals surface area contributed by atoms with Gasteiger partial charge in [-0.3, -0.25) is 0 Å². The van der Waals surface area contributed by atoms with Crippen LogP contribution >= 0.6 is 0 Å². The summed E-state index contributed by atoms with van der Waals surface area (Å²) in [5, 5.41) is 3.74. The highest BCUT2D eigenvalue weighted by molar-refractivity contribution is 5.48. The predicted molar refractivity (Wildman–Crippen MR) is 46.6 cm³/mol. The Balaban J connectivity index is 3.19. The quantitative estimate of drug-likeness (QED) is 0.790. The second-order valence-corrected chi connectivity index (χ2v) is 2.74. The highest BCUT2D eigenvalue weighted by atomic mass is 19.3. The van der Waals surface area contributed by atoms with Gasteiger partial charge in [0.2, 0.25) is 0 Å². The molecule has 1 aromatic heterocycles. The molecule has 13 heavy (non-hydrogen) atoms. The molecule has 0 aromatic carbocycles. The van der Waals surface area contributed by atoms with E-state index in [1.54, 1.807) is 6.92 Å². The van der Waals surface area contributed by atoms with Gasteiger partial charge in [0.05, 0.1) is 17.1 Å². The van der Waals surface area contributed by atoms with Crippen molar-refractivity contribution in [1.82, 2.24) is 9.78 Å². The summed E-state index contributed by atoms with van der Waals surface area (Å²) in [5.41, 5.74) is 7.03. The van der Waals surface area contributed by atoms with E-state index in [9.17, 15) is 8.78 Å². The van der Waals surface area contributed by atoms with Gasteiger partial charge in [-0.25, -0.2) is 4.68 Å². The zero-order valence-electron chi connectivity index (χ0n) is 7.72. The fourth-order valence-corrected chi connectivity index (χ4v) is 1.31. The largest absolute Gasteiger partial charge is 0.396 e. The zero-order chi connectivity index (χ0) is 10.0. The minimum absolute atomic E-state index is 0.408. The molecule has 0 fully saturated rings. The minimum atomic E-state index is -2.60. The standard InChI is InChI=1S/C8H13F2N3/c1-3-5-7(11)6(4-2)13(12-5)8(9)10/h8H,3-4,11H2,1-2H3. The van der Waals surface area contributed by atoms with Crippen LogP contribution in [0.5, 0.6) is 0 Å². The number of halogens is 2. The summed E-state index contributed by atoms with van der Waals surface area (Å²) in [5.74, 6) is 0. The molecule has 1 heterocycles. The van der Waals surface area contributed by atoms with E-state index in [0.29, 0.717) is 34.6 Å². The van der Waals surface area contributed by atoms with Gasteiger partial charge in [0.15, 0.2) is 0 Å². The molecule has 0 aliphatic carbocycles. The van der Waals surface area contributed by atoms with Crippen LogP contribution in [0.25, 0.3) is 0 Å². The van der Waals surface area contributed by atoms with Gasteiger partial charge in [0, 0.05) is 0 Å². The normalized spacial score (nSPS) is 11.2. The van der Waals surface area contributed by atoms with Crippen molar-refractivity contribution in [2.24, 2.45) is 0 Å². The van der Waals surface area contributed by atoms with Crippen molar-refractivity contribution < 1.29 is 8.78 Å². The van der Waals surface area contributed by atoms with E-state index in [1.807, 2.05) is 6.92 Å². The number of anilines is 1. The highest BCUT2D eigenvalue weighted by Gasteiger charge is 2.17. The Morgan fingerprint density at radius 1 is 1.38 bits per heavy atom. The Bertz CT molecular complexity index is 294. The highest BCUT2D eigenvalue weighted by Crippen LogP contribution is 2.22. The molecule has 0 saturated heterocycles. The molecule has 0 amide bonds. The summed E-state index contributed by atoms with van der Waals surface area (Å²) in [7, 11) is 0. The van der Waals surface area contributed by atoms with Crippen LogP contribution in [-0.4, -0.2) is 9.78 Å². The van der Waals surface area contributed by atoms with E-state index in [1.165, 1.54) is 0 Å². The number of nitrogens with two attached hydrogens (primary N) is 1. The monoisotopic (exact) mass is 189 g/mol. The van der Waals surface area contributed by atoms with Crippen LogP contribution < -0.4 is 5.73 Å². The lowest BCUT2D eigenvalue weighted by Gasteiger charge is -2.03. The average Bonchev–Trinajstić information content (AvgIpc) is 2.42. The number of aromatic nitrogens is 2. The molecule has 74 valence electrons. The third-order valence-corrected chi connectivity index (χ3v) is 1.98. The molecule has 2 N–H and O–H groups in total. The zero-order valence-corrected chi connectivity index (χ0v) is 7.72. The van der Waals surface area contributed by atoms with Crippen molar-refractivity contribution in [2.75, 3.05) is 5.73 Å². The molecule has 0 atom stereocenters. The van der Waals surface area contributed by atoms with Gasteiger partial charge < -0.3 is 5.73 Å². The molecular formula is C8H13F2N3. The molecule has 0 radical (unpaired) electrons. The van der Waals surface area contributed by atoms with Crippen LogP contribution in [-0.2, 0) is 12.8 Å². The number of alkyl halides is 2.